The average molecular weight is 519 g/mol. The van der Waals surface area contributed by atoms with Gasteiger partial charge in [0.05, 0.1) is 9.71 Å². The van der Waals surface area contributed by atoms with Crippen molar-refractivity contribution < 1.29 is 56.2 Å². The second kappa shape index (κ2) is 7.68. The van der Waals surface area contributed by atoms with E-state index in [9.17, 15) is 56.2 Å². The van der Waals surface area contributed by atoms with Gasteiger partial charge in [-0.2, -0.15) is 30.7 Å². The normalized spacial score (nSPS) is 23.0. The van der Waals surface area contributed by atoms with Crippen LogP contribution in [-0.2, 0) is 29.8 Å². The number of piperazine rings is 1. The smallest absolute Gasteiger partial charge is 0.304 e. The van der Waals surface area contributed by atoms with E-state index in [1.807, 2.05) is 0 Å². The first-order valence-corrected chi connectivity index (χ1v) is 12.2. The summed E-state index contributed by atoms with van der Waals surface area (Å²) in [4.78, 5) is 1.57. The zero-order valence-corrected chi connectivity index (χ0v) is 17.7. The molecule has 0 radical (unpaired) electrons. The summed E-state index contributed by atoms with van der Waals surface area (Å²) in [6.07, 6.45) is 0. The lowest BCUT2D eigenvalue weighted by Crippen LogP contribution is -2.66. The third kappa shape index (κ3) is 4.27. The van der Waals surface area contributed by atoms with E-state index in [0.717, 1.165) is 0 Å². The molecule has 1 N–H and O–H groups in total. The molecule has 0 spiro atoms. The lowest BCUT2D eigenvalue weighted by atomic mass is 10.2. The van der Waals surface area contributed by atoms with Crippen molar-refractivity contribution in [2.75, 3.05) is 33.2 Å². The minimum absolute atomic E-state index is 0.0221. The minimum Gasteiger partial charge on any atom is -0.304 e. The van der Waals surface area contributed by atoms with Crippen molar-refractivity contribution >= 4 is 35.6 Å². The fourth-order valence-electron chi connectivity index (χ4n) is 2.20. The van der Waals surface area contributed by atoms with Gasteiger partial charge in [-0.1, -0.05) is 4.13 Å². The van der Waals surface area contributed by atoms with E-state index in [1.165, 1.54) is 0 Å². The van der Waals surface area contributed by atoms with Crippen molar-refractivity contribution in [2.45, 2.75) is 28.6 Å². The number of hydrogen-bond acceptors (Lipinski definition) is 6. The molecule has 0 aromatic heterocycles. The quantitative estimate of drug-likeness (QED) is 0.389. The van der Waals surface area contributed by atoms with Crippen LogP contribution in [0.2, 0.25) is 0 Å². The van der Waals surface area contributed by atoms with Crippen molar-refractivity contribution in [3.8, 4) is 0 Å². The highest BCUT2D eigenvalue weighted by molar-refractivity contribution is 8.05. The molecule has 0 aliphatic carbocycles. The van der Waals surface area contributed by atoms with Crippen molar-refractivity contribution in [1.29, 1.82) is 0 Å². The Bertz CT molecular complexity index is 968. The Morgan fingerprint density at radius 3 is 1.57 bits per heavy atom. The number of alkyl halides is 8. The first kappa shape index (κ1) is 27.3. The number of nitrogens with one attached hydrogen (secondary N) is 1. The van der Waals surface area contributed by atoms with Crippen LogP contribution in [0.25, 0.3) is 0 Å². The molecule has 0 saturated carbocycles. The summed E-state index contributed by atoms with van der Waals surface area (Å²) in [6, 6.07) is 0. The van der Waals surface area contributed by atoms with E-state index < -0.39 is 68.7 Å². The Morgan fingerprint density at radius 2 is 1.20 bits per heavy atom. The highest BCUT2D eigenvalue weighted by atomic mass is 32.3. The summed E-state index contributed by atoms with van der Waals surface area (Å²) in [5, 5.41) is -11.7. The molecule has 1 saturated heterocycles. The Hall–Kier alpha value is -0.760. The topological polar surface area (TPSA) is 104 Å². The van der Waals surface area contributed by atoms with Crippen LogP contribution in [-0.4, -0.2) is 91.0 Å². The SMILES string of the molecule is C=S(=O)(N1CCN(C)CC1)C(C)(F)C(F)(F)C(F)(F)S(=O)(=O)NS(=O)(=O)C(F)(F)F. The summed E-state index contributed by atoms with van der Waals surface area (Å²) in [7, 11) is -18.0. The van der Waals surface area contributed by atoms with Crippen LogP contribution in [0.3, 0.4) is 0 Å². The molecule has 8 nitrogen and oxygen atoms in total. The van der Waals surface area contributed by atoms with Gasteiger partial charge in [-0.25, -0.2) is 29.7 Å². The molecule has 180 valence electrons. The van der Waals surface area contributed by atoms with Crippen LogP contribution in [0, 0.1) is 0 Å². The maximum absolute atomic E-state index is 14.9. The number of likely N-dealkylation sites (N-methyl/N-ethyl adjacent to an activating group) is 1. The Labute approximate surface area is 167 Å². The summed E-state index contributed by atoms with van der Waals surface area (Å²) < 4.78 is 166. The molecule has 1 fully saturated rings. The fraction of sp³-hybridized carbons (Fsp3) is 0.909. The monoisotopic (exact) mass is 519 g/mol. The standard InChI is InChI=1S/C11H17F8N3O5S3/c1-8(12,28(3,23)22-6-4-21(2)5-7-22)9(13,14)10(15,16)29(24,25)20-30(26,27)11(17,18)19/h20H,3-7H2,1-2H3. The number of rotatable bonds is 7. The van der Waals surface area contributed by atoms with Crippen molar-refractivity contribution in [3.63, 3.8) is 0 Å². The fourth-order valence-corrected chi connectivity index (χ4v) is 6.51. The van der Waals surface area contributed by atoms with Gasteiger partial charge in [0.25, 0.3) is 15.0 Å². The number of halogens is 8. The van der Waals surface area contributed by atoms with Gasteiger partial charge in [-0.15, -0.1) is 0 Å². The zero-order valence-electron chi connectivity index (χ0n) is 15.2. The number of sulfonamides is 2. The molecule has 2 atom stereocenters. The second-order valence-corrected chi connectivity index (χ2v) is 12.6. The highest BCUT2D eigenvalue weighted by Crippen LogP contribution is 2.50. The van der Waals surface area contributed by atoms with Crippen LogP contribution >= 0.6 is 0 Å². The van der Waals surface area contributed by atoms with Gasteiger partial charge in [-0.3, -0.25) is 0 Å². The minimum atomic E-state index is -7.40. The van der Waals surface area contributed by atoms with Gasteiger partial charge < -0.3 is 4.90 Å². The van der Waals surface area contributed by atoms with E-state index in [1.54, 1.807) is 11.9 Å². The molecule has 0 bridgehead atoms. The van der Waals surface area contributed by atoms with Crippen molar-refractivity contribution in [3.05, 3.63) is 0 Å². The van der Waals surface area contributed by atoms with Gasteiger partial charge >= 0.3 is 26.7 Å². The van der Waals surface area contributed by atoms with Gasteiger partial charge in [0.1, 0.15) is 0 Å². The van der Waals surface area contributed by atoms with Gasteiger partial charge in [0.2, 0.25) is 0 Å². The Balaban J connectivity index is 3.45. The van der Waals surface area contributed by atoms with Gasteiger partial charge in [0.15, 0.2) is 0 Å². The summed E-state index contributed by atoms with van der Waals surface area (Å²) in [6.45, 7) is -1.11. The van der Waals surface area contributed by atoms with Gasteiger partial charge in [0, 0.05) is 26.2 Å². The first-order valence-electron chi connectivity index (χ1n) is 7.55. The zero-order chi connectivity index (χ0) is 24.2. The molecule has 19 heteroatoms. The molecule has 0 amide bonds. The van der Waals surface area contributed by atoms with Crippen LogP contribution in [0.5, 0.6) is 0 Å². The molecule has 0 aromatic carbocycles. The second-order valence-electron chi connectivity index (χ2n) is 6.42. The molecular weight excluding hydrogens is 502 g/mol. The summed E-state index contributed by atoms with van der Waals surface area (Å²) in [5.74, 6) is -3.78. The average Bonchev–Trinajstić information content (AvgIpc) is 2.52. The molecule has 2 unspecified atom stereocenters. The van der Waals surface area contributed by atoms with E-state index in [2.05, 4.69) is 5.87 Å². The maximum Gasteiger partial charge on any atom is 0.512 e. The summed E-state index contributed by atoms with van der Waals surface area (Å²) in [5.41, 5.74) is -6.47. The van der Waals surface area contributed by atoms with Gasteiger partial charge in [-0.05, 0) is 19.8 Å². The Kier molecular flexibility index (Phi) is 6.98. The Morgan fingerprint density at radius 1 is 0.800 bits per heavy atom. The van der Waals surface area contributed by atoms with E-state index in [4.69, 9.17) is 0 Å². The lowest BCUT2D eigenvalue weighted by Gasteiger charge is -2.42. The molecule has 0 aromatic rings. The van der Waals surface area contributed by atoms with Crippen LogP contribution in [0.1, 0.15) is 6.92 Å². The van der Waals surface area contributed by atoms with Crippen LogP contribution in [0.4, 0.5) is 35.1 Å². The number of nitrogens with zero attached hydrogens (tertiary/aromatic N) is 2. The molecule has 1 heterocycles. The van der Waals surface area contributed by atoms with Crippen LogP contribution in [0.15, 0.2) is 0 Å². The maximum atomic E-state index is 14.9. The first-order chi connectivity index (χ1) is 13.0. The largest absolute Gasteiger partial charge is 0.512 e. The van der Waals surface area contributed by atoms with Crippen molar-refractivity contribution in [2.24, 2.45) is 0 Å². The predicted molar refractivity (Wildman–Crippen MR) is 90.8 cm³/mol. The predicted octanol–water partition coefficient (Wildman–Crippen LogP) is 0.548. The number of hydrogen-bond donors (Lipinski definition) is 1. The molecule has 1 aliphatic rings. The third-order valence-corrected chi connectivity index (χ3v) is 10.2. The van der Waals surface area contributed by atoms with E-state index >= 15 is 0 Å². The summed E-state index contributed by atoms with van der Waals surface area (Å²) >= 11 is 0. The van der Waals surface area contributed by atoms with E-state index in [0.29, 0.717) is 4.31 Å². The third-order valence-electron chi connectivity index (χ3n) is 4.27. The molecule has 1 rings (SSSR count). The molecule has 1 aliphatic heterocycles. The van der Waals surface area contributed by atoms with E-state index in [-0.39, 0.29) is 20.0 Å². The van der Waals surface area contributed by atoms with Crippen LogP contribution < -0.4 is 4.13 Å². The van der Waals surface area contributed by atoms with Crippen molar-refractivity contribution in [1.82, 2.24) is 13.3 Å². The lowest BCUT2D eigenvalue weighted by molar-refractivity contribution is -0.203. The molecular formula is C11H17F8N3O5S3. The highest BCUT2D eigenvalue weighted by Gasteiger charge is 2.78. The molecule has 30 heavy (non-hydrogen) atoms.